The van der Waals surface area contributed by atoms with Gasteiger partial charge in [-0.2, -0.15) is 0 Å². The molecular weight excluding hydrogens is 216 g/mol. The summed E-state index contributed by atoms with van der Waals surface area (Å²) in [6.45, 7) is 2.87. The first-order valence-corrected chi connectivity index (χ1v) is 6.16. The number of ether oxygens (including phenoxy) is 2. The molecule has 0 bridgehead atoms. The molecule has 0 amide bonds. The van der Waals surface area contributed by atoms with Crippen LogP contribution in [0.3, 0.4) is 0 Å². The molecule has 3 nitrogen and oxygen atoms in total. The van der Waals surface area contributed by atoms with Crippen molar-refractivity contribution in [1.29, 1.82) is 0 Å². The van der Waals surface area contributed by atoms with Crippen LogP contribution in [-0.2, 0) is 14.3 Å². The summed E-state index contributed by atoms with van der Waals surface area (Å²) in [5.41, 5.74) is 1.16. The van der Waals surface area contributed by atoms with Crippen molar-refractivity contribution in [3.05, 3.63) is 35.9 Å². The largest absolute Gasteiger partial charge is 0.464 e. The van der Waals surface area contributed by atoms with Gasteiger partial charge in [0.15, 0.2) is 6.10 Å². The number of rotatable bonds is 3. The summed E-state index contributed by atoms with van der Waals surface area (Å²) in [6, 6.07) is 10.1. The van der Waals surface area contributed by atoms with E-state index in [0.717, 1.165) is 18.4 Å². The number of esters is 1. The van der Waals surface area contributed by atoms with Crippen molar-refractivity contribution in [2.24, 2.45) is 0 Å². The highest BCUT2D eigenvalue weighted by Gasteiger charge is 2.33. The van der Waals surface area contributed by atoms with Gasteiger partial charge in [0, 0.05) is 12.5 Å². The monoisotopic (exact) mass is 234 g/mol. The lowest BCUT2D eigenvalue weighted by Gasteiger charge is -2.30. The molecule has 2 atom stereocenters. The molecule has 0 aromatic heterocycles. The van der Waals surface area contributed by atoms with Gasteiger partial charge in [0.05, 0.1) is 6.61 Å². The van der Waals surface area contributed by atoms with Gasteiger partial charge < -0.3 is 9.47 Å². The van der Waals surface area contributed by atoms with Crippen LogP contribution in [0.4, 0.5) is 0 Å². The number of carbonyl (C=O) groups excluding carboxylic acids is 1. The fraction of sp³-hybridized carbons (Fsp3) is 0.500. The molecule has 2 unspecified atom stereocenters. The number of carbonyl (C=O) groups is 1. The molecule has 0 N–H and O–H groups in total. The van der Waals surface area contributed by atoms with E-state index < -0.39 is 6.10 Å². The van der Waals surface area contributed by atoms with E-state index in [9.17, 15) is 4.79 Å². The van der Waals surface area contributed by atoms with Crippen LogP contribution in [0.5, 0.6) is 0 Å². The van der Waals surface area contributed by atoms with Crippen LogP contribution in [0.25, 0.3) is 0 Å². The second-order valence-corrected chi connectivity index (χ2v) is 4.20. The molecule has 1 fully saturated rings. The van der Waals surface area contributed by atoms with Crippen LogP contribution in [0.1, 0.15) is 31.2 Å². The zero-order chi connectivity index (χ0) is 12.1. The summed E-state index contributed by atoms with van der Waals surface area (Å²) in [4.78, 5) is 11.8. The minimum atomic E-state index is -0.439. The molecule has 1 aliphatic heterocycles. The van der Waals surface area contributed by atoms with Crippen LogP contribution < -0.4 is 0 Å². The zero-order valence-electron chi connectivity index (χ0n) is 10.1. The highest BCUT2D eigenvalue weighted by molar-refractivity contribution is 5.76. The molecule has 0 radical (unpaired) electrons. The molecule has 0 spiro atoms. The summed E-state index contributed by atoms with van der Waals surface area (Å²) < 4.78 is 10.7. The summed E-state index contributed by atoms with van der Waals surface area (Å²) in [6.07, 6.45) is 1.54. The van der Waals surface area contributed by atoms with E-state index in [2.05, 4.69) is 0 Å². The molecule has 0 saturated carbocycles. The number of hydrogen-bond donors (Lipinski definition) is 0. The zero-order valence-corrected chi connectivity index (χ0v) is 10.1. The fourth-order valence-electron chi connectivity index (χ4n) is 2.28. The Hall–Kier alpha value is -1.35. The topological polar surface area (TPSA) is 35.5 Å². The van der Waals surface area contributed by atoms with Gasteiger partial charge in [0.2, 0.25) is 0 Å². The third-order valence-corrected chi connectivity index (χ3v) is 3.07. The van der Waals surface area contributed by atoms with Gasteiger partial charge in [-0.05, 0) is 25.3 Å². The Kier molecular flexibility index (Phi) is 4.15. The van der Waals surface area contributed by atoms with Crippen molar-refractivity contribution in [2.75, 3.05) is 13.2 Å². The maximum Gasteiger partial charge on any atom is 0.335 e. The van der Waals surface area contributed by atoms with E-state index in [4.69, 9.17) is 9.47 Å². The van der Waals surface area contributed by atoms with Gasteiger partial charge in [0.25, 0.3) is 0 Å². The van der Waals surface area contributed by atoms with Crippen molar-refractivity contribution in [3.8, 4) is 0 Å². The van der Waals surface area contributed by atoms with Gasteiger partial charge in [0.1, 0.15) is 0 Å². The molecule has 1 aromatic carbocycles. The predicted molar refractivity (Wildman–Crippen MR) is 64.8 cm³/mol. The average molecular weight is 234 g/mol. The number of hydrogen-bond acceptors (Lipinski definition) is 3. The van der Waals surface area contributed by atoms with Crippen molar-refractivity contribution in [2.45, 2.75) is 31.8 Å². The normalized spacial score (nSPS) is 24.3. The van der Waals surface area contributed by atoms with Crippen LogP contribution >= 0.6 is 0 Å². The molecule has 2 rings (SSSR count). The third kappa shape index (κ3) is 2.86. The summed E-state index contributed by atoms with van der Waals surface area (Å²) in [5.74, 6) is -0.106. The molecule has 17 heavy (non-hydrogen) atoms. The van der Waals surface area contributed by atoms with Crippen LogP contribution in [0.15, 0.2) is 30.3 Å². The highest BCUT2D eigenvalue weighted by atomic mass is 16.6. The fourth-order valence-corrected chi connectivity index (χ4v) is 2.28. The van der Waals surface area contributed by atoms with Crippen LogP contribution in [-0.4, -0.2) is 25.3 Å². The summed E-state index contributed by atoms with van der Waals surface area (Å²) >= 11 is 0. The van der Waals surface area contributed by atoms with Gasteiger partial charge in [-0.3, -0.25) is 0 Å². The Morgan fingerprint density at radius 1 is 1.41 bits per heavy atom. The third-order valence-electron chi connectivity index (χ3n) is 3.07. The second-order valence-electron chi connectivity index (χ2n) is 4.20. The minimum Gasteiger partial charge on any atom is -0.464 e. The molecule has 1 heterocycles. The predicted octanol–water partition coefficient (Wildman–Crippen LogP) is 2.51. The Labute approximate surface area is 102 Å². The van der Waals surface area contributed by atoms with Gasteiger partial charge in [-0.1, -0.05) is 30.3 Å². The standard InChI is InChI=1S/C14H18O3/c1-2-16-14(15)13-12(9-6-10-17-13)11-7-4-3-5-8-11/h3-5,7-8,12-13H,2,6,9-10H2,1H3. The lowest BCUT2D eigenvalue weighted by Crippen LogP contribution is -2.36. The quantitative estimate of drug-likeness (QED) is 0.754. The molecule has 3 heteroatoms. The van der Waals surface area contributed by atoms with E-state index in [1.54, 1.807) is 0 Å². The molecule has 1 aliphatic rings. The second kappa shape index (κ2) is 5.82. The van der Waals surface area contributed by atoms with E-state index in [1.807, 2.05) is 37.3 Å². The first-order valence-electron chi connectivity index (χ1n) is 6.16. The molecule has 1 saturated heterocycles. The molecular formula is C14H18O3. The maximum atomic E-state index is 11.8. The van der Waals surface area contributed by atoms with Crippen molar-refractivity contribution in [1.82, 2.24) is 0 Å². The van der Waals surface area contributed by atoms with Crippen LogP contribution in [0, 0.1) is 0 Å². The minimum absolute atomic E-state index is 0.129. The Bertz CT molecular complexity index is 361. The highest BCUT2D eigenvalue weighted by Crippen LogP contribution is 2.31. The lowest BCUT2D eigenvalue weighted by atomic mass is 9.87. The van der Waals surface area contributed by atoms with Gasteiger partial charge in [-0.15, -0.1) is 0 Å². The first-order chi connectivity index (χ1) is 8.33. The SMILES string of the molecule is CCOC(=O)C1OCCCC1c1ccccc1. The van der Waals surface area contributed by atoms with E-state index in [0.29, 0.717) is 13.2 Å². The molecule has 1 aromatic rings. The maximum absolute atomic E-state index is 11.8. The van der Waals surface area contributed by atoms with Gasteiger partial charge >= 0.3 is 5.97 Å². The summed E-state index contributed by atoms with van der Waals surface area (Å²) in [5, 5.41) is 0. The average Bonchev–Trinajstić information content (AvgIpc) is 2.40. The Balaban J connectivity index is 2.15. The Morgan fingerprint density at radius 3 is 2.88 bits per heavy atom. The van der Waals surface area contributed by atoms with Crippen molar-refractivity contribution in [3.63, 3.8) is 0 Å². The lowest BCUT2D eigenvalue weighted by molar-refractivity contribution is -0.161. The van der Waals surface area contributed by atoms with Crippen molar-refractivity contribution < 1.29 is 14.3 Å². The molecule has 92 valence electrons. The van der Waals surface area contributed by atoms with Gasteiger partial charge in [-0.25, -0.2) is 4.79 Å². The molecule has 0 aliphatic carbocycles. The van der Waals surface area contributed by atoms with Crippen LogP contribution in [0.2, 0.25) is 0 Å². The number of benzene rings is 1. The van der Waals surface area contributed by atoms with E-state index in [-0.39, 0.29) is 11.9 Å². The van der Waals surface area contributed by atoms with Crippen molar-refractivity contribution >= 4 is 5.97 Å². The Morgan fingerprint density at radius 2 is 2.18 bits per heavy atom. The van der Waals surface area contributed by atoms with E-state index >= 15 is 0 Å². The smallest absolute Gasteiger partial charge is 0.335 e. The first kappa shape index (κ1) is 12.1. The summed E-state index contributed by atoms with van der Waals surface area (Å²) in [7, 11) is 0. The van der Waals surface area contributed by atoms with E-state index in [1.165, 1.54) is 0 Å².